The third-order valence-corrected chi connectivity index (χ3v) is 5.54. The predicted molar refractivity (Wildman–Crippen MR) is 114 cm³/mol. The van der Waals surface area contributed by atoms with Crippen molar-refractivity contribution in [2.24, 2.45) is 0 Å². The standard InChI is InChI=1S/C20H25ClN2O5S/c1-5-29(25,26)28-18-11-10-16(21)12-15(18)13-23(14(2)3)20(24)22-17-8-6-7-9-19(17)27-4/h6-12,14H,5,13H2,1-4H3,(H,22,24). The highest BCUT2D eigenvalue weighted by atomic mass is 35.5. The lowest BCUT2D eigenvalue weighted by molar-refractivity contribution is 0.193. The Morgan fingerprint density at radius 3 is 2.48 bits per heavy atom. The molecule has 0 radical (unpaired) electrons. The van der Waals surface area contributed by atoms with Gasteiger partial charge in [0.1, 0.15) is 11.5 Å². The number of amides is 2. The third-order valence-electron chi connectivity index (χ3n) is 4.17. The quantitative estimate of drug-likeness (QED) is 0.610. The highest BCUT2D eigenvalue weighted by Gasteiger charge is 2.22. The van der Waals surface area contributed by atoms with E-state index < -0.39 is 10.1 Å². The van der Waals surface area contributed by atoms with Gasteiger partial charge in [-0.15, -0.1) is 0 Å². The molecule has 7 nitrogen and oxygen atoms in total. The van der Waals surface area contributed by atoms with Crippen LogP contribution in [0.4, 0.5) is 10.5 Å². The fraction of sp³-hybridized carbons (Fsp3) is 0.350. The molecule has 0 unspecified atom stereocenters. The van der Waals surface area contributed by atoms with Gasteiger partial charge in [-0.25, -0.2) is 4.79 Å². The molecular weight excluding hydrogens is 416 g/mol. The summed E-state index contributed by atoms with van der Waals surface area (Å²) in [5.74, 6) is 0.509. The maximum Gasteiger partial charge on any atom is 0.322 e. The number of carbonyl (C=O) groups excluding carboxylic acids is 1. The van der Waals surface area contributed by atoms with Crippen LogP contribution in [0.25, 0.3) is 0 Å². The Morgan fingerprint density at radius 1 is 1.17 bits per heavy atom. The fourth-order valence-corrected chi connectivity index (χ4v) is 3.30. The average molecular weight is 441 g/mol. The van der Waals surface area contributed by atoms with Crippen LogP contribution in [0.15, 0.2) is 42.5 Å². The zero-order valence-electron chi connectivity index (χ0n) is 16.8. The topological polar surface area (TPSA) is 84.9 Å². The lowest BCUT2D eigenvalue weighted by Gasteiger charge is -2.28. The number of halogens is 1. The maximum absolute atomic E-state index is 12.9. The van der Waals surface area contributed by atoms with Gasteiger partial charge in [-0.2, -0.15) is 8.42 Å². The van der Waals surface area contributed by atoms with Gasteiger partial charge in [0.2, 0.25) is 0 Å². The summed E-state index contributed by atoms with van der Waals surface area (Å²) in [5, 5.41) is 3.24. The normalized spacial score (nSPS) is 11.2. The third kappa shape index (κ3) is 6.27. The Labute approximate surface area is 176 Å². The molecule has 2 amide bonds. The van der Waals surface area contributed by atoms with Crippen molar-refractivity contribution < 1.29 is 22.1 Å². The van der Waals surface area contributed by atoms with Crippen LogP contribution in [0.1, 0.15) is 26.3 Å². The number of methoxy groups -OCH3 is 1. The molecule has 0 saturated heterocycles. The number of nitrogens with one attached hydrogen (secondary N) is 1. The van der Waals surface area contributed by atoms with Crippen LogP contribution in [-0.2, 0) is 16.7 Å². The van der Waals surface area contributed by atoms with Gasteiger partial charge in [0, 0.05) is 16.6 Å². The minimum Gasteiger partial charge on any atom is -0.495 e. The van der Waals surface area contributed by atoms with Crippen molar-refractivity contribution in [1.82, 2.24) is 4.90 Å². The first-order valence-electron chi connectivity index (χ1n) is 9.08. The van der Waals surface area contributed by atoms with E-state index in [2.05, 4.69) is 5.32 Å². The monoisotopic (exact) mass is 440 g/mol. The van der Waals surface area contributed by atoms with Crippen LogP contribution in [-0.4, -0.2) is 38.3 Å². The van der Waals surface area contributed by atoms with Crippen LogP contribution < -0.4 is 14.2 Å². The Balaban J connectivity index is 2.31. The molecule has 0 aliphatic rings. The number of anilines is 1. The van der Waals surface area contributed by atoms with Crippen molar-refractivity contribution in [2.45, 2.75) is 33.4 Å². The van der Waals surface area contributed by atoms with Gasteiger partial charge in [-0.05, 0) is 51.1 Å². The molecule has 0 atom stereocenters. The van der Waals surface area contributed by atoms with Gasteiger partial charge in [-0.1, -0.05) is 23.7 Å². The average Bonchev–Trinajstić information content (AvgIpc) is 2.68. The van der Waals surface area contributed by atoms with Gasteiger partial charge in [-0.3, -0.25) is 0 Å². The van der Waals surface area contributed by atoms with Gasteiger partial charge < -0.3 is 19.1 Å². The number of hydrogen-bond donors (Lipinski definition) is 1. The van der Waals surface area contributed by atoms with E-state index in [1.165, 1.54) is 20.1 Å². The summed E-state index contributed by atoms with van der Waals surface area (Å²) in [6, 6.07) is 11.1. The number of rotatable bonds is 8. The van der Waals surface area contributed by atoms with Crippen molar-refractivity contribution in [1.29, 1.82) is 0 Å². The zero-order valence-corrected chi connectivity index (χ0v) is 18.4. The predicted octanol–water partition coefficient (Wildman–Crippen LogP) is 4.52. The zero-order chi connectivity index (χ0) is 21.6. The molecule has 0 fully saturated rings. The molecule has 29 heavy (non-hydrogen) atoms. The lowest BCUT2D eigenvalue weighted by Crippen LogP contribution is -2.39. The van der Waals surface area contributed by atoms with Crippen molar-refractivity contribution in [3.63, 3.8) is 0 Å². The van der Waals surface area contributed by atoms with Crippen molar-refractivity contribution in [3.8, 4) is 11.5 Å². The fourth-order valence-electron chi connectivity index (χ4n) is 2.56. The molecule has 0 bridgehead atoms. The maximum atomic E-state index is 12.9. The van der Waals surface area contributed by atoms with Gasteiger partial charge >= 0.3 is 16.1 Å². The number of ether oxygens (including phenoxy) is 1. The molecule has 0 spiro atoms. The van der Waals surface area contributed by atoms with Crippen molar-refractivity contribution >= 4 is 33.4 Å². The van der Waals surface area contributed by atoms with Crippen molar-refractivity contribution in [2.75, 3.05) is 18.2 Å². The Morgan fingerprint density at radius 2 is 1.86 bits per heavy atom. The van der Waals surface area contributed by atoms with E-state index >= 15 is 0 Å². The molecular formula is C20H25ClN2O5S. The van der Waals surface area contributed by atoms with Crippen molar-refractivity contribution in [3.05, 3.63) is 53.1 Å². The summed E-state index contributed by atoms with van der Waals surface area (Å²) >= 11 is 6.09. The minimum atomic E-state index is -3.72. The number of hydrogen-bond acceptors (Lipinski definition) is 5. The summed E-state index contributed by atoms with van der Waals surface area (Å²) in [7, 11) is -2.20. The number of urea groups is 1. The molecule has 0 aliphatic carbocycles. The molecule has 2 aromatic carbocycles. The summed E-state index contributed by atoms with van der Waals surface area (Å²) in [4.78, 5) is 14.5. The van der Waals surface area contributed by atoms with Gasteiger partial charge in [0.25, 0.3) is 0 Å². The first-order chi connectivity index (χ1) is 13.7. The second-order valence-electron chi connectivity index (χ2n) is 6.53. The minimum absolute atomic E-state index is 0.105. The molecule has 0 aromatic heterocycles. The molecule has 9 heteroatoms. The molecule has 158 valence electrons. The number of carbonyl (C=O) groups is 1. The Bertz CT molecular complexity index is 963. The molecule has 2 rings (SSSR count). The first-order valence-corrected chi connectivity index (χ1v) is 11.0. The highest BCUT2D eigenvalue weighted by Crippen LogP contribution is 2.28. The van der Waals surface area contributed by atoms with E-state index in [1.807, 2.05) is 13.8 Å². The van der Waals surface area contributed by atoms with E-state index in [-0.39, 0.29) is 30.1 Å². The summed E-state index contributed by atoms with van der Waals surface area (Å²) in [5.41, 5.74) is 1.01. The summed E-state index contributed by atoms with van der Waals surface area (Å²) in [6.07, 6.45) is 0. The van der Waals surface area contributed by atoms with Crippen LogP contribution in [0.3, 0.4) is 0 Å². The lowest BCUT2D eigenvalue weighted by atomic mass is 10.1. The number of benzene rings is 2. The van der Waals surface area contributed by atoms with E-state index in [9.17, 15) is 13.2 Å². The Kier molecular flexibility index (Phi) is 7.75. The van der Waals surface area contributed by atoms with E-state index in [1.54, 1.807) is 41.3 Å². The first kappa shape index (κ1) is 22.8. The van der Waals surface area contributed by atoms with Gasteiger partial charge in [0.05, 0.1) is 25.1 Å². The number of nitrogens with zero attached hydrogens (tertiary/aromatic N) is 1. The summed E-state index contributed by atoms with van der Waals surface area (Å²) < 4.78 is 34.3. The molecule has 0 heterocycles. The molecule has 0 aliphatic heterocycles. The Hall–Kier alpha value is -2.45. The second kappa shape index (κ2) is 9.84. The highest BCUT2D eigenvalue weighted by molar-refractivity contribution is 7.87. The molecule has 2 aromatic rings. The van der Waals surface area contributed by atoms with Gasteiger partial charge in [0.15, 0.2) is 0 Å². The molecule has 0 saturated carbocycles. The van der Waals surface area contributed by atoms with E-state index in [0.29, 0.717) is 22.0 Å². The van der Waals surface area contributed by atoms with E-state index in [4.69, 9.17) is 20.5 Å². The van der Waals surface area contributed by atoms with Crippen LogP contribution in [0, 0.1) is 0 Å². The number of para-hydroxylation sites is 2. The molecule has 1 N–H and O–H groups in total. The largest absolute Gasteiger partial charge is 0.495 e. The van der Waals surface area contributed by atoms with Crippen LogP contribution >= 0.6 is 11.6 Å². The smallest absolute Gasteiger partial charge is 0.322 e. The van der Waals surface area contributed by atoms with Crippen LogP contribution in [0.5, 0.6) is 11.5 Å². The van der Waals surface area contributed by atoms with Crippen LogP contribution in [0.2, 0.25) is 5.02 Å². The second-order valence-corrected chi connectivity index (χ2v) is 8.83. The summed E-state index contributed by atoms with van der Waals surface area (Å²) in [6.45, 7) is 5.31. The van der Waals surface area contributed by atoms with E-state index in [0.717, 1.165) is 0 Å². The SMILES string of the molecule is CCS(=O)(=O)Oc1ccc(Cl)cc1CN(C(=O)Nc1ccccc1OC)C(C)C.